The average molecular weight is 233 g/mol. The van der Waals surface area contributed by atoms with Gasteiger partial charge in [-0.3, -0.25) is 4.79 Å². The van der Waals surface area contributed by atoms with Crippen LogP contribution in [0.5, 0.6) is 5.75 Å². The first-order valence-corrected chi connectivity index (χ1v) is 6.07. The monoisotopic (exact) mass is 233 g/mol. The van der Waals surface area contributed by atoms with Crippen molar-refractivity contribution >= 4 is 5.78 Å². The molecule has 1 unspecified atom stereocenters. The molecule has 1 fully saturated rings. The van der Waals surface area contributed by atoms with Crippen molar-refractivity contribution < 1.29 is 9.53 Å². The maximum absolute atomic E-state index is 12.3. The Hall–Kier alpha value is -1.35. The van der Waals surface area contributed by atoms with Gasteiger partial charge in [0.25, 0.3) is 0 Å². The molecular formula is C14H19NO2. The van der Waals surface area contributed by atoms with E-state index in [1.54, 1.807) is 7.11 Å². The van der Waals surface area contributed by atoms with Crippen LogP contribution in [0.15, 0.2) is 12.1 Å². The molecule has 0 amide bonds. The predicted molar refractivity (Wildman–Crippen MR) is 67.8 cm³/mol. The minimum atomic E-state index is 0.00138. The molecule has 1 saturated heterocycles. The van der Waals surface area contributed by atoms with Crippen LogP contribution in [0.1, 0.15) is 34.3 Å². The van der Waals surface area contributed by atoms with Gasteiger partial charge in [0.15, 0.2) is 5.78 Å². The topological polar surface area (TPSA) is 38.3 Å². The highest BCUT2D eigenvalue weighted by atomic mass is 16.5. The minimum Gasteiger partial charge on any atom is -0.496 e. The van der Waals surface area contributed by atoms with Crippen LogP contribution in [0.25, 0.3) is 0 Å². The summed E-state index contributed by atoms with van der Waals surface area (Å²) in [5.41, 5.74) is 2.90. The number of hydrogen-bond acceptors (Lipinski definition) is 3. The molecule has 1 N–H and O–H groups in total. The first-order valence-electron chi connectivity index (χ1n) is 6.07. The number of carbonyl (C=O) groups is 1. The van der Waals surface area contributed by atoms with Crippen molar-refractivity contribution in [1.29, 1.82) is 0 Å². The average Bonchev–Trinajstić information content (AvgIpc) is 2.85. The lowest BCUT2D eigenvalue weighted by Gasteiger charge is -2.14. The van der Waals surface area contributed by atoms with E-state index in [1.807, 2.05) is 26.0 Å². The van der Waals surface area contributed by atoms with Gasteiger partial charge in [-0.1, -0.05) is 0 Å². The van der Waals surface area contributed by atoms with Crippen molar-refractivity contribution in [2.45, 2.75) is 32.7 Å². The van der Waals surface area contributed by atoms with Gasteiger partial charge in [-0.05, 0) is 56.5 Å². The third-order valence-corrected chi connectivity index (χ3v) is 3.60. The van der Waals surface area contributed by atoms with Crippen molar-refractivity contribution in [3.05, 3.63) is 28.8 Å². The third kappa shape index (κ3) is 2.20. The molecule has 0 spiro atoms. The fraction of sp³-hybridized carbons (Fsp3) is 0.500. The molecule has 0 aliphatic carbocycles. The molecule has 1 aromatic rings. The van der Waals surface area contributed by atoms with Crippen molar-refractivity contribution in [3.63, 3.8) is 0 Å². The molecular weight excluding hydrogens is 214 g/mol. The fourth-order valence-electron chi connectivity index (χ4n) is 2.38. The Kier molecular flexibility index (Phi) is 3.48. The van der Waals surface area contributed by atoms with E-state index in [2.05, 4.69) is 5.32 Å². The Morgan fingerprint density at radius 2 is 2.12 bits per heavy atom. The Labute approximate surface area is 102 Å². The molecule has 1 atom stereocenters. The summed E-state index contributed by atoms with van der Waals surface area (Å²) in [5, 5.41) is 3.25. The minimum absolute atomic E-state index is 0.00138. The van der Waals surface area contributed by atoms with Crippen LogP contribution in [0, 0.1) is 13.8 Å². The molecule has 3 heteroatoms. The van der Waals surface area contributed by atoms with E-state index >= 15 is 0 Å². The van der Waals surface area contributed by atoms with E-state index < -0.39 is 0 Å². The first-order chi connectivity index (χ1) is 8.15. The number of rotatable bonds is 3. The zero-order valence-electron chi connectivity index (χ0n) is 10.7. The summed E-state index contributed by atoms with van der Waals surface area (Å²) in [4.78, 5) is 12.3. The number of ketones is 1. The second-order valence-corrected chi connectivity index (χ2v) is 4.58. The second-order valence-electron chi connectivity index (χ2n) is 4.58. The Bertz CT molecular complexity index is 434. The lowest BCUT2D eigenvalue weighted by Crippen LogP contribution is -2.31. The molecule has 17 heavy (non-hydrogen) atoms. The number of benzene rings is 1. The third-order valence-electron chi connectivity index (χ3n) is 3.60. The van der Waals surface area contributed by atoms with Gasteiger partial charge in [-0.25, -0.2) is 0 Å². The van der Waals surface area contributed by atoms with E-state index in [-0.39, 0.29) is 11.8 Å². The summed E-state index contributed by atoms with van der Waals surface area (Å²) in [6.07, 6.45) is 2.04. The van der Waals surface area contributed by atoms with Crippen molar-refractivity contribution in [2.24, 2.45) is 0 Å². The van der Waals surface area contributed by atoms with Gasteiger partial charge in [-0.15, -0.1) is 0 Å². The van der Waals surface area contributed by atoms with Crippen molar-refractivity contribution in [2.75, 3.05) is 13.7 Å². The Morgan fingerprint density at radius 1 is 1.35 bits per heavy atom. The maximum atomic E-state index is 12.3. The van der Waals surface area contributed by atoms with E-state index in [0.717, 1.165) is 41.8 Å². The van der Waals surface area contributed by atoms with Crippen LogP contribution in [0.3, 0.4) is 0 Å². The molecule has 0 bridgehead atoms. The summed E-state index contributed by atoms with van der Waals surface area (Å²) >= 11 is 0. The summed E-state index contributed by atoms with van der Waals surface area (Å²) in [6.45, 7) is 4.93. The number of carbonyl (C=O) groups excluding carboxylic acids is 1. The summed E-state index contributed by atoms with van der Waals surface area (Å²) in [5.74, 6) is 1.06. The van der Waals surface area contributed by atoms with Gasteiger partial charge in [0.2, 0.25) is 0 Å². The lowest BCUT2D eigenvalue weighted by molar-refractivity contribution is 0.0951. The number of ether oxygens (including phenoxy) is 1. The molecule has 1 heterocycles. The molecule has 0 saturated carbocycles. The largest absolute Gasteiger partial charge is 0.496 e. The normalized spacial score (nSPS) is 19.4. The summed E-state index contributed by atoms with van der Waals surface area (Å²) in [6, 6.07) is 3.76. The van der Waals surface area contributed by atoms with Crippen LogP contribution in [-0.4, -0.2) is 25.5 Å². The van der Waals surface area contributed by atoms with Crippen LogP contribution >= 0.6 is 0 Å². The highest BCUT2D eigenvalue weighted by molar-refractivity contribution is 6.01. The van der Waals surface area contributed by atoms with Crippen LogP contribution in [-0.2, 0) is 0 Å². The number of Topliss-reactive ketones (excluding diaryl/α,β-unsaturated/α-hetero) is 1. The highest BCUT2D eigenvalue weighted by Crippen LogP contribution is 2.25. The highest BCUT2D eigenvalue weighted by Gasteiger charge is 2.25. The molecule has 0 radical (unpaired) electrons. The number of hydrogen-bond donors (Lipinski definition) is 1. The Balaban J connectivity index is 2.32. The van der Waals surface area contributed by atoms with Gasteiger partial charge >= 0.3 is 0 Å². The van der Waals surface area contributed by atoms with Crippen molar-refractivity contribution in [3.8, 4) is 5.75 Å². The van der Waals surface area contributed by atoms with Gasteiger partial charge in [0.05, 0.1) is 13.2 Å². The van der Waals surface area contributed by atoms with Crippen LogP contribution in [0.2, 0.25) is 0 Å². The van der Waals surface area contributed by atoms with Crippen LogP contribution in [0.4, 0.5) is 0 Å². The Morgan fingerprint density at radius 3 is 2.71 bits per heavy atom. The zero-order chi connectivity index (χ0) is 12.4. The summed E-state index contributed by atoms with van der Waals surface area (Å²) in [7, 11) is 1.65. The molecule has 1 aromatic carbocycles. The predicted octanol–water partition coefficient (Wildman–Crippen LogP) is 2.25. The zero-order valence-corrected chi connectivity index (χ0v) is 10.7. The van der Waals surface area contributed by atoms with E-state index in [4.69, 9.17) is 4.74 Å². The van der Waals surface area contributed by atoms with Gasteiger partial charge in [0.1, 0.15) is 5.75 Å². The van der Waals surface area contributed by atoms with Gasteiger partial charge in [0, 0.05) is 5.56 Å². The van der Waals surface area contributed by atoms with Gasteiger partial charge < -0.3 is 10.1 Å². The molecule has 2 rings (SSSR count). The fourth-order valence-corrected chi connectivity index (χ4v) is 2.38. The molecule has 1 aliphatic rings. The quantitative estimate of drug-likeness (QED) is 0.814. The van der Waals surface area contributed by atoms with E-state index in [1.165, 1.54) is 0 Å². The number of nitrogens with one attached hydrogen (secondary N) is 1. The lowest BCUT2D eigenvalue weighted by atomic mass is 9.95. The number of methoxy groups -OCH3 is 1. The standard InChI is InChI=1S/C14H19NO2/c1-9-10(2)13(17-3)7-6-11(9)14(16)12-5-4-8-15-12/h6-7,12,15H,4-5,8H2,1-3H3. The molecule has 92 valence electrons. The smallest absolute Gasteiger partial charge is 0.180 e. The molecule has 3 nitrogen and oxygen atoms in total. The van der Waals surface area contributed by atoms with E-state index in [0.29, 0.717) is 0 Å². The maximum Gasteiger partial charge on any atom is 0.180 e. The van der Waals surface area contributed by atoms with Crippen LogP contribution < -0.4 is 10.1 Å². The molecule has 1 aliphatic heterocycles. The van der Waals surface area contributed by atoms with Gasteiger partial charge in [-0.2, -0.15) is 0 Å². The SMILES string of the molecule is COc1ccc(C(=O)C2CCCN2)c(C)c1C. The second kappa shape index (κ2) is 4.88. The van der Waals surface area contributed by atoms with Crippen molar-refractivity contribution in [1.82, 2.24) is 5.32 Å². The summed E-state index contributed by atoms with van der Waals surface area (Å²) < 4.78 is 5.26. The molecule has 0 aromatic heterocycles. The van der Waals surface area contributed by atoms with E-state index in [9.17, 15) is 4.79 Å². The first kappa shape index (κ1) is 12.1.